The van der Waals surface area contributed by atoms with Gasteiger partial charge in [0.25, 0.3) is 0 Å². The highest BCUT2D eigenvalue weighted by molar-refractivity contribution is 7.18. The normalized spacial score (nSPS) is 15.5. The lowest BCUT2D eigenvalue weighted by atomic mass is 10.0. The molecule has 0 aliphatic carbocycles. The molecule has 1 aliphatic heterocycles. The van der Waals surface area contributed by atoms with E-state index in [0.717, 1.165) is 43.8 Å². The van der Waals surface area contributed by atoms with E-state index < -0.39 is 0 Å². The molecule has 1 fully saturated rings. The van der Waals surface area contributed by atoms with Gasteiger partial charge in [0.1, 0.15) is 12.1 Å². The van der Waals surface area contributed by atoms with Crippen LogP contribution >= 0.6 is 11.3 Å². The van der Waals surface area contributed by atoms with Crippen molar-refractivity contribution in [2.75, 3.05) is 43.5 Å². The summed E-state index contributed by atoms with van der Waals surface area (Å²) < 4.78 is 1.22. The number of benzene rings is 1. The van der Waals surface area contributed by atoms with Gasteiger partial charge in [-0.2, -0.15) is 0 Å². The summed E-state index contributed by atoms with van der Waals surface area (Å²) in [4.78, 5) is 13.6. The van der Waals surface area contributed by atoms with Crippen LogP contribution in [-0.4, -0.2) is 49.7 Å². The third-order valence-corrected chi connectivity index (χ3v) is 6.63. The van der Waals surface area contributed by atoms with Crippen molar-refractivity contribution in [1.29, 1.82) is 0 Å². The molecule has 0 atom stereocenters. The van der Waals surface area contributed by atoms with E-state index in [1.165, 1.54) is 21.5 Å². The van der Waals surface area contributed by atoms with Crippen molar-refractivity contribution >= 4 is 39.1 Å². The summed E-state index contributed by atoms with van der Waals surface area (Å²) in [6.45, 7) is 5.10. The van der Waals surface area contributed by atoms with Crippen LogP contribution in [0.25, 0.3) is 16.3 Å². The summed E-state index contributed by atoms with van der Waals surface area (Å²) in [6.07, 6.45) is 8.40. The van der Waals surface area contributed by atoms with Crippen LogP contribution in [0.4, 0.5) is 11.5 Å². The lowest BCUT2D eigenvalue weighted by Gasteiger charge is -2.33. The van der Waals surface area contributed by atoms with Gasteiger partial charge in [0.15, 0.2) is 0 Å². The molecule has 1 saturated heterocycles. The molecule has 0 unspecified atom stereocenters. The number of nitrogens with zero attached hydrogens (tertiary/aromatic N) is 4. The van der Waals surface area contributed by atoms with Gasteiger partial charge < -0.3 is 15.1 Å². The van der Waals surface area contributed by atoms with Gasteiger partial charge in [0.2, 0.25) is 0 Å². The number of hydrogen-bond acceptors (Lipinski definition) is 6. The molecule has 1 aromatic carbocycles. The number of aromatic nitrogens is 2. The Morgan fingerprint density at radius 3 is 2.66 bits per heavy atom. The summed E-state index contributed by atoms with van der Waals surface area (Å²) in [5.41, 5.74) is 4.81. The molecule has 1 aliphatic rings. The number of anilines is 2. The number of nitrogens with one attached hydrogen (secondary N) is 1. The molecule has 2 aromatic heterocycles. The van der Waals surface area contributed by atoms with Crippen LogP contribution in [0.15, 0.2) is 42.0 Å². The van der Waals surface area contributed by atoms with Crippen molar-refractivity contribution in [3.63, 3.8) is 0 Å². The number of fused-ring (bicyclic) bond motifs is 1. The topological polar surface area (TPSA) is 44.3 Å². The summed E-state index contributed by atoms with van der Waals surface area (Å²) >= 11 is 1.76. The molecule has 0 radical (unpaired) electrons. The van der Waals surface area contributed by atoms with Crippen LogP contribution in [0.3, 0.4) is 0 Å². The van der Waals surface area contributed by atoms with Gasteiger partial charge in [-0.25, -0.2) is 9.97 Å². The third kappa shape index (κ3) is 4.60. The monoisotopic (exact) mass is 407 g/mol. The zero-order valence-electron chi connectivity index (χ0n) is 17.4. The average molecular weight is 408 g/mol. The van der Waals surface area contributed by atoms with Crippen molar-refractivity contribution in [3.05, 3.63) is 53.2 Å². The van der Waals surface area contributed by atoms with Gasteiger partial charge >= 0.3 is 0 Å². The lowest BCUT2D eigenvalue weighted by Crippen LogP contribution is -2.42. The minimum atomic E-state index is 0.564. The summed E-state index contributed by atoms with van der Waals surface area (Å²) in [7, 11) is 4.13. The number of piperidine rings is 1. The maximum absolute atomic E-state index is 4.59. The molecule has 29 heavy (non-hydrogen) atoms. The van der Waals surface area contributed by atoms with E-state index in [2.05, 4.69) is 87.9 Å². The molecule has 0 amide bonds. The number of thiophene rings is 1. The lowest BCUT2D eigenvalue weighted by molar-refractivity contribution is 0.429. The zero-order chi connectivity index (χ0) is 20.2. The standard InChI is InChI=1S/C23H29N5S/c1-17-15-29-22-21(17)25-16-26-23(22)28-13-10-19(11-14-28)24-12-4-5-18-6-8-20(9-7-18)27(2)3/h4-9,15-16,19,24H,10-14H2,1-3H3/b5-4+. The second-order valence-electron chi connectivity index (χ2n) is 7.85. The molecule has 6 heteroatoms. The fraction of sp³-hybridized carbons (Fsp3) is 0.391. The minimum absolute atomic E-state index is 0.564. The molecule has 4 rings (SSSR count). The molecule has 3 heterocycles. The molecule has 0 saturated carbocycles. The van der Waals surface area contributed by atoms with E-state index in [1.807, 2.05) is 0 Å². The Morgan fingerprint density at radius 1 is 1.17 bits per heavy atom. The van der Waals surface area contributed by atoms with E-state index >= 15 is 0 Å². The average Bonchev–Trinajstić information content (AvgIpc) is 3.13. The quantitative estimate of drug-likeness (QED) is 0.659. The van der Waals surface area contributed by atoms with Gasteiger partial charge in [-0.1, -0.05) is 24.3 Å². The predicted octanol–water partition coefficient (Wildman–Crippen LogP) is 4.34. The maximum atomic E-state index is 4.59. The van der Waals surface area contributed by atoms with Crippen molar-refractivity contribution in [3.8, 4) is 0 Å². The number of hydrogen-bond donors (Lipinski definition) is 1. The largest absolute Gasteiger partial charge is 0.378 e. The minimum Gasteiger partial charge on any atom is -0.378 e. The molecular weight excluding hydrogens is 378 g/mol. The predicted molar refractivity (Wildman–Crippen MR) is 125 cm³/mol. The highest BCUT2D eigenvalue weighted by atomic mass is 32.1. The molecule has 3 aromatic rings. The first-order valence-electron chi connectivity index (χ1n) is 10.2. The van der Waals surface area contributed by atoms with Crippen LogP contribution in [0.5, 0.6) is 0 Å². The summed E-state index contributed by atoms with van der Waals surface area (Å²) in [5, 5.41) is 5.86. The molecular formula is C23H29N5S. The van der Waals surface area contributed by atoms with Crippen LogP contribution in [-0.2, 0) is 0 Å². The first-order chi connectivity index (χ1) is 14.1. The van der Waals surface area contributed by atoms with Crippen LogP contribution in [0, 0.1) is 6.92 Å². The van der Waals surface area contributed by atoms with Gasteiger partial charge in [-0.15, -0.1) is 11.3 Å². The van der Waals surface area contributed by atoms with E-state index in [1.54, 1.807) is 17.7 Å². The Labute approximate surface area is 177 Å². The Morgan fingerprint density at radius 2 is 1.93 bits per heavy atom. The second kappa shape index (κ2) is 8.93. The molecule has 1 N–H and O–H groups in total. The maximum Gasteiger partial charge on any atom is 0.150 e. The summed E-state index contributed by atoms with van der Waals surface area (Å²) in [6, 6.07) is 9.21. The Bertz CT molecular complexity index is 969. The fourth-order valence-electron chi connectivity index (χ4n) is 3.79. The highest BCUT2D eigenvalue weighted by Gasteiger charge is 2.21. The number of aryl methyl sites for hydroxylation is 1. The van der Waals surface area contributed by atoms with Crippen LogP contribution in [0.2, 0.25) is 0 Å². The zero-order valence-corrected chi connectivity index (χ0v) is 18.2. The van der Waals surface area contributed by atoms with Gasteiger partial charge in [0.05, 0.1) is 10.2 Å². The van der Waals surface area contributed by atoms with Gasteiger partial charge in [0, 0.05) is 45.5 Å². The molecule has 0 bridgehead atoms. The number of rotatable bonds is 6. The van der Waals surface area contributed by atoms with E-state index in [-0.39, 0.29) is 0 Å². The Hall–Kier alpha value is -2.44. The van der Waals surface area contributed by atoms with Gasteiger partial charge in [-0.05, 0) is 48.4 Å². The fourth-order valence-corrected chi connectivity index (χ4v) is 4.81. The van der Waals surface area contributed by atoms with Crippen molar-refractivity contribution < 1.29 is 0 Å². The van der Waals surface area contributed by atoms with Crippen LogP contribution in [0.1, 0.15) is 24.0 Å². The Balaban J connectivity index is 1.27. The van der Waals surface area contributed by atoms with Crippen molar-refractivity contribution in [2.24, 2.45) is 0 Å². The molecule has 5 nitrogen and oxygen atoms in total. The van der Waals surface area contributed by atoms with Crippen molar-refractivity contribution in [2.45, 2.75) is 25.8 Å². The summed E-state index contributed by atoms with van der Waals surface area (Å²) in [5.74, 6) is 1.10. The van der Waals surface area contributed by atoms with Crippen molar-refractivity contribution in [1.82, 2.24) is 15.3 Å². The molecule has 152 valence electrons. The smallest absolute Gasteiger partial charge is 0.150 e. The van der Waals surface area contributed by atoms with E-state index in [9.17, 15) is 0 Å². The molecule has 0 spiro atoms. The Kier molecular flexibility index (Phi) is 6.11. The highest BCUT2D eigenvalue weighted by Crippen LogP contribution is 2.32. The van der Waals surface area contributed by atoms with E-state index in [0.29, 0.717) is 6.04 Å². The van der Waals surface area contributed by atoms with E-state index in [4.69, 9.17) is 0 Å². The van der Waals surface area contributed by atoms with Gasteiger partial charge in [-0.3, -0.25) is 0 Å². The third-order valence-electron chi connectivity index (χ3n) is 5.55. The first kappa shape index (κ1) is 19.9. The SMILES string of the molecule is Cc1csc2c(N3CCC(NC/C=C/c4ccc(N(C)C)cc4)CC3)ncnc12. The second-order valence-corrected chi connectivity index (χ2v) is 8.73. The van der Waals surface area contributed by atoms with Crippen LogP contribution < -0.4 is 15.1 Å². The first-order valence-corrected chi connectivity index (χ1v) is 11.1.